The third-order valence-electron chi connectivity index (χ3n) is 4.90. The van der Waals surface area contributed by atoms with Crippen molar-refractivity contribution in [3.63, 3.8) is 0 Å². The van der Waals surface area contributed by atoms with E-state index in [2.05, 4.69) is 43.1 Å². The van der Waals surface area contributed by atoms with Crippen molar-refractivity contribution in [2.75, 3.05) is 46.4 Å². The van der Waals surface area contributed by atoms with E-state index in [1.54, 1.807) is 0 Å². The van der Waals surface area contributed by atoms with Crippen molar-refractivity contribution in [3.8, 4) is 0 Å². The Morgan fingerprint density at radius 2 is 2.00 bits per heavy atom. The zero-order valence-corrected chi connectivity index (χ0v) is 13.7. The number of likely N-dealkylation sites (tertiary alicyclic amines) is 1. The maximum Gasteiger partial charge on any atom is 0.227 e. The van der Waals surface area contributed by atoms with E-state index in [0.717, 1.165) is 44.8 Å². The number of rotatable bonds is 2. The van der Waals surface area contributed by atoms with Crippen LogP contribution in [0.4, 0.5) is 0 Å². The highest BCUT2D eigenvalue weighted by molar-refractivity contribution is 5.78. The summed E-state index contributed by atoms with van der Waals surface area (Å²) in [6.45, 7) is 7.19. The Kier molecular flexibility index (Phi) is 4.50. The summed E-state index contributed by atoms with van der Waals surface area (Å²) in [5.41, 5.74) is 2.46. The summed E-state index contributed by atoms with van der Waals surface area (Å²) in [6.07, 6.45) is 1.62. The van der Waals surface area contributed by atoms with Crippen LogP contribution in [-0.2, 0) is 16.0 Å². The highest BCUT2D eigenvalue weighted by atomic mass is 16.5. The first kappa shape index (κ1) is 15.5. The SMILES string of the molecule is Cc1ccc(CC(=O)N2CCOC[C@]3(CCN(C)C3)C2)cc1. The van der Waals surface area contributed by atoms with Crippen molar-refractivity contribution in [3.05, 3.63) is 35.4 Å². The largest absolute Gasteiger partial charge is 0.379 e. The predicted octanol–water partition coefficient (Wildman–Crippen LogP) is 1.72. The third-order valence-corrected chi connectivity index (χ3v) is 4.90. The molecule has 4 heteroatoms. The average molecular weight is 302 g/mol. The summed E-state index contributed by atoms with van der Waals surface area (Å²) in [6, 6.07) is 8.25. The van der Waals surface area contributed by atoms with Gasteiger partial charge in [-0.1, -0.05) is 29.8 Å². The van der Waals surface area contributed by atoms with E-state index in [0.29, 0.717) is 13.0 Å². The van der Waals surface area contributed by atoms with E-state index < -0.39 is 0 Å². The minimum atomic E-state index is 0.133. The summed E-state index contributed by atoms with van der Waals surface area (Å²) in [5, 5.41) is 0. The second-order valence-electron chi connectivity index (χ2n) is 7.02. The number of carbonyl (C=O) groups is 1. The number of hydrogen-bond donors (Lipinski definition) is 0. The van der Waals surface area contributed by atoms with Gasteiger partial charge >= 0.3 is 0 Å². The molecule has 1 spiro atoms. The zero-order chi connectivity index (χ0) is 15.6. The Morgan fingerprint density at radius 1 is 1.23 bits per heavy atom. The van der Waals surface area contributed by atoms with Gasteiger partial charge in [0.1, 0.15) is 0 Å². The monoisotopic (exact) mass is 302 g/mol. The molecule has 0 bridgehead atoms. The van der Waals surface area contributed by atoms with Gasteiger partial charge in [-0.15, -0.1) is 0 Å². The summed E-state index contributed by atoms with van der Waals surface area (Å²) in [5.74, 6) is 0.225. The van der Waals surface area contributed by atoms with Crippen LogP contribution in [0.5, 0.6) is 0 Å². The number of carbonyl (C=O) groups excluding carboxylic acids is 1. The third kappa shape index (κ3) is 3.50. The van der Waals surface area contributed by atoms with Gasteiger partial charge in [-0.2, -0.15) is 0 Å². The standard InChI is InChI=1S/C18H26N2O2/c1-15-3-5-16(6-4-15)11-17(21)20-9-10-22-14-18(13-20)7-8-19(2)12-18/h3-6H,7-14H2,1-2H3/t18-/m0/s1. The van der Waals surface area contributed by atoms with Gasteiger partial charge < -0.3 is 14.5 Å². The smallest absolute Gasteiger partial charge is 0.227 e. The molecule has 1 atom stereocenters. The van der Waals surface area contributed by atoms with E-state index in [4.69, 9.17) is 4.74 Å². The van der Waals surface area contributed by atoms with Gasteiger partial charge in [0, 0.05) is 25.0 Å². The van der Waals surface area contributed by atoms with E-state index in [1.807, 2.05) is 4.90 Å². The number of aryl methyl sites for hydroxylation is 1. The first-order valence-corrected chi connectivity index (χ1v) is 8.16. The molecule has 0 unspecified atom stereocenters. The second-order valence-corrected chi connectivity index (χ2v) is 7.02. The van der Waals surface area contributed by atoms with Crippen LogP contribution in [0, 0.1) is 12.3 Å². The highest BCUT2D eigenvalue weighted by Gasteiger charge is 2.40. The molecule has 0 aromatic heterocycles. The quantitative estimate of drug-likeness (QED) is 0.834. The predicted molar refractivity (Wildman–Crippen MR) is 86.8 cm³/mol. The Morgan fingerprint density at radius 3 is 2.68 bits per heavy atom. The molecule has 2 fully saturated rings. The number of amides is 1. The minimum absolute atomic E-state index is 0.133. The van der Waals surface area contributed by atoms with Crippen LogP contribution in [0.3, 0.4) is 0 Å². The van der Waals surface area contributed by atoms with Gasteiger partial charge in [-0.25, -0.2) is 0 Å². The molecule has 0 radical (unpaired) electrons. The van der Waals surface area contributed by atoms with E-state index >= 15 is 0 Å². The fourth-order valence-electron chi connectivity index (χ4n) is 3.60. The molecule has 2 heterocycles. The van der Waals surface area contributed by atoms with Crippen LogP contribution in [0.2, 0.25) is 0 Å². The fraction of sp³-hybridized carbons (Fsp3) is 0.611. The highest BCUT2D eigenvalue weighted by Crippen LogP contribution is 2.32. The molecule has 22 heavy (non-hydrogen) atoms. The lowest BCUT2D eigenvalue weighted by atomic mass is 9.87. The van der Waals surface area contributed by atoms with Crippen LogP contribution in [0.15, 0.2) is 24.3 Å². The van der Waals surface area contributed by atoms with Crippen molar-refractivity contribution >= 4 is 5.91 Å². The normalized spacial score (nSPS) is 26.4. The number of hydrogen-bond acceptors (Lipinski definition) is 3. The van der Waals surface area contributed by atoms with Crippen LogP contribution in [0.1, 0.15) is 17.5 Å². The molecule has 120 valence electrons. The average Bonchev–Trinajstić information content (AvgIpc) is 2.72. The summed E-state index contributed by atoms with van der Waals surface area (Å²) in [7, 11) is 2.15. The summed E-state index contributed by atoms with van der Waals surface area (Å²) >= 11 is 0. The Labute approximate surface area is 133 Å². The Bertz CT molecular complexity index is 528. The van der Waals surface area contributed by atoms with Crippen LogP contribution < -0.4 is 0 Å². The maximum atomic E-state index is 12.7. The lowest BCUT2D eigenvalue weighted by Gasteiger charge is -2.31. The molecule has 3 rings (SSSR count). The lowest BCUT2D eigenvalue weighted by Crippen LogP contribution is -2.43. The van der Waals surface area contributed by atoms with Crippen molar-refractivity contribution in [2.24, 2.45) is 5.41 Å². The second kappa shape index (κ2) is 6.39. The van der Waals surface area contributed by atoms with E-state index in [1.165, 1.54) is 5.56 Å². The van der Waals surface area contributed by atoms with Crippen LogP contribution in [-0.4, -0.2) is 62.1 Å². The molecule has 0 aliphatic carbocycles. The van der Waals surface area contributed by atoms with Crippen molar-refractivity contribution in [1.29, 1.82) is 0 Å². The molecule has 2 saturated heterocycles. The Balaban J connectivity index is 1.67. The molecule has 4 nitrogen and oxygen atoms in total. The molecule has 1 amide bonds. The van der Waals surface area contributed by atoms with E-state index in [9.17, 15) is 4.79 Å². The minimum Gasteiger partial charge on any atom is -0.379 e. The van der Waals surface area contributed by atoms with Gasteiger partial charge in [-0.05, 0) is 32.5 Å². The lowest BCUT2D eigenvalue weighted by molar-refractivity contribution is -0.131. The van der Waals surface area contributed by atoms with Gasteiger partial charge in [0.25, 0.3) is 0 Å². The number of ether oxygens (including phenoxy) is 1. The molecule has 0 N–H and O–H groups in total. The van der Waals surface area contributed by atoms with Crippen molar-refractivity contribution in [2.45, 2.75) is 19.8 Å². The molecular formula is C18H26N2O2. The van der Waals surface area contributed by atoms with Gasteiger partial charge in [0.05, 0.1) is 19.6 Å². The topological polar surface area (TPSA) is 32.8 Å². The molecule has 0 saturated carbocycles. The molecule has 1 aromatic rings. The van der Waals surface area contributed by atoms with Crippen molar-refractivity contribution < 1.29 is 9.53 Å². The zero-order valence-electron chi connectivity index (χ0n) is 13.7. The molecule has 2 aliphatic heterocycles. The van der Waals surface area contributed by atoms with Gasteiger partial charge in [0.15, 0.2) is 0 Å². The number of benzene rings is 1. The van der Waals surface area contributed by atoms with Crippen LogP contribution >= 0.6 is 0 Å². The van der Waals surface area contributed by atoms with Gasteiger partial charge in [-0.3, -0.25) is 4.79 Å². The molecule has 2 aliphatic rings. The first-order chi connectivity index (χ1) is 10.6. The van der Waals surface area contributed by atoms with Crippen molar-refractivity contribution in [1.82, 2.24) is 9.80 Å². The fourth-order valence-corrected chi connectivity index (χ4v) is 3.60. The summed E-state index contributed by atoms with van der Waals surface area (Å²) < 4.78 is 5.81. The first-order valence-electron chi connectivity index (χ1n) is 8.16. The number of nitrogens with zero attached hydrogens (tertiary/aromatic N) is 2. The molecule has 1 aromatic carbocycles. The molecular weight excluding hydrogens is 276 g/mol. The summed E-state index contributed by atoms with van der Waals surface area (Å²) in [4.78, 5) is 17.0. The van der Waals surface area contributed by atoms with E-state index in [-0.39, 0.29) is 11.3 Å². The maximum absolute atomic E-state index is 12.7. The van der Waals surface area contributed by atoms with Gasteiger partial charge in [0.2, 0.25) is 5.91 Å². The van der Waals surface area contributed by atoms with Crippen LogP contribution in [0.25, 0.3) is 0 Å². The Hall–Kier alpha value is -1.39.